The average Bonchev–Trinajstić information content (AvgIpc) is 3.07. The molecule has 4 aromatic rings. The van der Waals surface area contributed by atoms with Gasteiger partial charge in [0.2, 0.25) is 0 Å². The van der Waals surface area contributed by atoms with Crippen LogP contribution in [0.5, 0.6) is 0 Å². The minimum absolute atomic E-state index is 0.185. The first-order valence-electron chi connectivity index (χ1n) is 10.1. The number of aryl methyl sites for hydroxylation is 1. The van der Waals surface area contributed by atoms with Crippen molar-refractivity contribution < 1.29 is 9.18 Å². The molecule has 0 saturated heterocycles. The van der Waals surface area contributed by atoms with Crippen LogP contribution < -0.4 is 10.6 Å². The number of carbonyl (C=O) groups is 1. The molecule has 1 unspecified atom stereocenters. The third kappa shape index (κ3) is 4.52. The number of halogens is 1. The summed E-state index contributed by atoms with van der Waals surface area (Å²) < 4.78 is 14.9. The maximum absolute atomic E-state index is 14.9. The molecule has 1 atom stereocenters. The fraction of sp³-hybridized carbons (Fsp3) is 0.115. The monoisotopic (exact) mass is 430 g/mol. The third-order valence-corrected chi connectivity index (χ3v) is 6.42. The molecule has 3 nitrogen and oxygen atoms in total. The van der Waals surface area contributed by atoms with Gasteiger partial charge in [-0.25, -0.2) is 4.39 Å². The lowest BCUT2D eigenvalue weighted by Crippen LogP contribution is -2.18. The Morgan fingerprint density at radius 1 is 0.871 bits per heavy atom. The third-order valence-electron chi connectivity index (χ3n) is 5.28. The van der Waals surface area contributed by atoms with Gasteiger partial charge in [0.15, 0.2) is 0 Å². The first-order valence-corrected chi connectivity index (χ1v) is 10.9. The highest BCUT2D eigenvalue weighted by Gasteiger charge is 2.26. The molecule has 31 heavy (non-hydrogen) atoms. The van der Waals surface area contributed by atoms with Gasteiger partial charge in [-0.3, -0.25) is 4.79 Å². The number of nitrogens with one attached hydrogen (secondary N) is 2. The molecule has 0 saturated carbocycles. The van der Waals surface area contributed by atoms with E-state index >= 15 is 0 Å². The second kappa shape index (κ2) is 9.14. The predicted octanol–water partition coefficient (Wildman–Crippen LogP) is 6.96. The van der Waals surface area contributed by atoms with Gasteiger partial charge < -0.3 is 10.6 Å². The number of amides is 1. The summed E-state index contributed by atoms with van der Waals surface area (Å²) in [5.74, 6) is -0.477. The number of benzene rings is 3. The predicted molar refractivity (Wildman–Crippen MR) is 126 cm³/mol. The van der Waals surface area contributed by atoms with Crippen molar-refractivity contribution in [3.8, 4) is 0 Å². The summed E-state index contributed by atoms with van der Waals surface area (Å²) >= 11 is 1.51. The summed E-state index contributed by atoms with van der Waals surface area (Å²) in [6, 6.07) is 25.1. The smallest absolute Gasteiger partial charge is 0.256 e. The molecule has 1 heterocycles. The Kier molecular flexibility index (Phi) is 6.14. The minimum Gasteiger partial charge on any atom is -0.374 e. The minimum atomic E-state index is -0.459. The Labute approximate surface area is 185 Å². The lowest BCUT2D eigenvalue weighted by Gasteiger charge is -2.23. The van der Waals surface area contributed by atoms with Crippen LogP contribution in [0, 0.1) is 19.7 Å². The lowest BCUT2D eigenvalue weighted by molar-refractivity contribution is 0.102. The molecule has 1 amide bonds. The van der Waals surface area contributed by atoms with Crippen molar-refractivity contribution >= 4 is 27.9 Å². The summed E-state index contributed by atoms with van der Waals surface area (Å²) in [5.41, 5.74) is 3.89. The Hall–Kier alpha value is -3.44. The zero-order chi connectivity index (χ0) is 21.8. The summed E-state index contributed by atoms with van der Waals surface area (Å²) in [6.45, 7) is 4.03. The van der Waals surface area contributed by atoms with Crippen molar-refractivity contribution in [2.75, 3.05) is 10.6 Å². The maximum atomic E-state index is 14.9. The lowest BCUT2D eigenvalue weighted by atomic mass is 9.95. The van der Waals surface area contributed by atoms with E-state index in [1.165, 1.54) is 17.4 Å². The molecule has 156 valence electrons. The van der Waals surface area contributed by atoms with Crippen molar-refractivity contribution in [2.45, 2.75) is 19.9 Å². The standard InChI is InChI=1S/C26H23FN2OS/c1-17-18(2)31-26(29-25(30)19-11-5-3-6-12-19)23(17)24(21-15-9-10-16-22(21)27)28-20-13-7-4-8-14-20/h3-16,24,28H,1-2H3,(H,29,30). The molecule has 0 aliphatic rings. The molecular weight excluding hydrogens is 407 g/mol. The second-order valence-electron chi connectivity index (χ2n) is 7.31. The zero-order valence-corrected chi connectivity index (χ0v) is 18.2. The summed E-state index contributed by atoms with van der Waals surface area (Å²) in [6.07, 6.45) is 0. The molecule has 4 rings (SSSR count). The van der Waals surface area contributed by atoms with Gasteiger partial charge in [0.25, 0.3) is 5.91 Å². The first-order chi connectivity index (χ1) is 15.0. The van der Waals surface area contributed by atoms with Gasteiger partial charge in [0.1, 0.15) is 10.8 Å². The van der Waals surface area contributed by atoms with E-state index < -0.39 is 6.04 Å². The van der Waals surface area contributed by atoms with Crippen LogP contribution in [0.15, 0.2) is 84.9 Å². The topological polar surface area (TPSA) is 41.1 Å². The van der Waals surface area contributed by atoms with Gasteiger partial charge in [0.05, 0.1) is 6.04 Å². The molecule has 0 radical (unpaired) electrons. The Balaban J connectivity index is 1.79. The Morgan fingerprint density at radius 2 is 1.48 bits per heavy atom. The Bertz CT molecular complexity index is 1190. The van der Waals surface area contributed by atoms with E-state index in [-0.39, 0.29) is 11.7 Å². The maximum Gasteiger partial charge on any atom is 0.256 e. The summed E-state index contributed by atoms with van der Waals surface area (Å²) in [7, 11) is 0. The number of para-hydroxylation sites is 1. The van der Waals surface area contributed by atoms with E-state index in [1.54, 1.807) is 24.3 Å². The highest BCUT2D eigenvalue weighted by molar-refractivity contribution is 7.16. The van der Waals surface area contributed by atoms with Crippen LogP contribution in [-0.4, -0.2) is 5.91 Å². The van der Waals surface area contributed by atoms with Crippen LogP contribution in [0.3, 0.4) is 0 Å². The first kappa shape index (κ1) is 20.8. The molecule has 1 aromatic heterocycles. The van der Waals surface area contributed by atoms with Crippen molar-refractivity contribution in [3.05, 3.63) is 118 Å². The van der Waals surface area contributed by atoms with E-state index in [4.69, 9.17) is 0 Å². The van der Waals surface area contributed by atoms with Gasteiger partial charge in [-0.15, -0.1) is 11.3 Å². The molecular formula is C26H23FN2OS. The summed E-state index contributed by atoms with van der Waals surface area (Å²) in [5, 5.41) is 7.26. The van der Waals surface area contributed by atoms with Gasteiger partial charge in [-0.05, 0) is 49.7 Å². The SMILES string of the molecule is Cc1sc(NC(=O)c2ccccc2)c(C(Nc2ccccc2)c2ccccc2F)c1C. The molecule has 0 fully saturated rings. The molecule has 2 N–H and O–H groups in total. The van der Waals surface area contributed by atoms with Crippen LogP contribution in [-0.2, 0) is 0 Å². The molecule has 0 aliphatic carbocycles. The van der Waals surface area contributed by atoms with Crippen molar-refractivity contribution in [3.63, 3.8) is 0 Å². The van der Waals surface area contributed by atoms with E-state index in [1.807, 2.05) is 68.4 Å². The van der Waals surface area contributed by atoms with Crippen LogP contribution in [0.25, 0.3) is 0 Å². The Morgan fingerprint density at radius 3 is 2.16 bits per heavy atom. The van der Waals surface area contributed by atoms with Crippen molar-refractivity contribution in [2.24, 2.45) is 0 Å². The average molecular weight is 431 g/mol. The van der Waals surface area contributed by atoms with Gasteiger partial charge in [-0.2, -0.15) is 0 Å². The van der Waals surface area contributed by atoms with Crippen LogP contribution in [0.1, 0.15) is 38.0 Å². The van der Waals surface area contributed by atoms with Crippen molar-refractivity contribution in [1.29, 1.82) is 0 Å². The van der Waals surface area contributed by atoms with E-state index in [9.17, 15) is 9.18 Å². The van der Waals surface area contributed by atoms with Gasteiger partial charge in [0, 0.05) is 27.3 Å². The number of hydrogen-bond donors (Lipinski definition) is 2. The number of thiophene rings is 1. The highest BCUT2D eigenvalue weighted by Crippen LogP contribution is 2.41. The fourth-order valence-corrected chi connectivity index (χ4v) is 4.66. The van der Waals surface area contributed by atoms with E-state index in [0.717, 1.165) is 26.7 Å². The van der Waals surface area contributed by atoms with Crippen LogP contribution >= 0.6 is 11.3 Å². The number of carbonyl (C=O) groups excluding carboxylic acids is 1. The van der Waals surface area contributed by atoms with Crippen LogP contribution in [0.2, 0.25) is 0 Å². The van der Waals surface area contributed by atoms with Crippen molar-refractivity contribution in [1.82, 2.24) is 0 Å². The number of hydrogen-bond acceptors (Lipinski definition) is 3. The van der Waals surface area contributed by atoms with E-state index in [2.05, 4.69) is 10.6 Å². The van der Waals surface area contributed by atoms with Crippen LogP contribution in [0.4, 0.5) is 15.1 Å². The fourth-order valence-electron chi connectivity index (χ4n) is 3.57. The second-order valence-corrected chi connectivity index (χ2v) is 8.54. The number of anilines is 2. The number of rotatable bonds is 6. The molecule has 0 bridgehead atoms. The summed E-state index contributed by atoms with van der Waals surface area (Å²) in [4.78, 5) is 14.0. The van der Waals surface area contributed by atoms with Gasteiger partial charge in [-0.1, -0.05) is 54.6 Å². The van der Waals surface area contributed by atoms with E-state index in [0.29, 0.717) is 11.1 Å². The zero-order valence-electron chi connectivity index (χ0n) is 17.4. The molecule has 0 aliphatic heterocycles. The van der Waals surface area contributed by atoms with Gasteiger partial charge >= 0.3 is 0 Å². The quantitative estimate of drug-likeness (QED) is 0.347. The normalized spacial score (nSPS) is 11.7. The largest absolute Gasteiger partial charge is 0.374 e. The molecule has 3 aromatic carbocycles. The molecule has 0 spiro atoms. The highest BCUT2D eigenvalue weighted by atomic mass is 32.1. The molecule has 5 heteroatoms.